The van der Waals surface area contributed by atoms with Crippen LogP contribution < -0.4 is 0 Å². The van der Waals surface area contributed by atoms with Crippen LogP contribution in [-0.2, 0) is 28.9 Å². The first-order chi connectivity index (χ1) is 22.9. The summed E-state index contributed by atoms with van der Waals surface area (Å²) >= 11 is 6.49. The molecule has 0 spiro atoms. The van der Waals surface area contributed by atoms with E-state index in [0.29, 0.717) is 38.6 Å². The number of carbonyl (C=O) groups excluding carboxylic acids is 2. The molecule has 4 aliphatic rings. The fourth-order valence-corrected chi connectivity index (χ4v) is 8.44. The molecule has 7 rings (SSSR count). The van der Waals surface area contributed by atoms with Gasteiger partial charge in [0.05, 0.1) is 23.8 Å². The third-order valence-electron chi connectivity index (χ3n) is 11.0. The average molecular weight is 659 g/mol. The zero-order chi connectivity index (χ0) is 32.5. The van der Waals surface area contributed by atoms with Gasteiger partial charge in [-0.2, -0.15) is 0 Å². The normalized spacial score (nSPS) is 23.9. The van der Waals surface area contributed by atoms with E-state index < -0.39 is 6.04 Å². The second-order valence-corrected chi connectivity index (χ2v) is 14.4. The van der Waals surface area contributed by atoms with E-state index in [1.54, 1.807) is 4.90 Å². The highest BCUT2D eigenvalue weighted by atomic mass is 35.5. The first-order valence-corrected chi connectivity index (χ1v) is 17.9. The van der Waals surface area contributed by atoms with E-state index in [9.17, 15) is 9.59 Å². The van der Waals surface area contributed by atoms with Gasteiger partial charge < -0.3 is 14.2 Å². The lowest BCUT2D eigenvalue weighted by molar-refractivity contribution is -0.141. The molecule has 1 aromatic carbocycles. The largest absolute Gasteiger partial charge is 0.446 e. The van der Waals surface area contributed by atoms with Crippen molar-refractivity contribution in [3.63, 3.8) is 0 Å². The maximum absolute atomic E-state index is 14.7. The molecule has 250 valence electrons. The number of imidazole rings is 1. The summed E-state index contributed by atoms with van der Waals surface area (Å²) in [6.07, 6.45) is 12.3. The van der Waals surface area contributed by atoms with E-state index in [1.807, 2.05) is 36.5 Å². The number of carbonyl (C=O) groups is 2. The summed E-state index contributed by atoms with van der Waals surface area (Å²) in [5, 5.41) is 0.727. The molecule has 0 bridgehead atoms. The first-order valence-electron chi connectivity index (χ1n) is 17.6. The Bertz CT molecular complexity index is 1600. The molecule has 2 amide bonds. The summed E-state index contributed by atoms with van der Waals surface area (Å²) < 4.78 is 8.31. The molecule has 47 heavy (non-hydrogen) atoms. The van der Waals surface area contributed by atoms with Gasteiger partial charge in [-0.25, -0.2) is 9.78 Å². The van der Waals surface area contributed by atoms with E-state index in [4.69, 9.17) is 21.3 Å². The monoisotopic (exact) mass is 658 g/mol. The molecule has 9 nitrogen and oxygen atoms in total. The second-order valence-electron chi connectivity index (χ2n) is 14.0. The van der Waals surface area contributed by atoms with Crippen LogP contribution in [0.5, 0.6) is 0 Å². The molecule has 2 saturated heterocycles. The molecule has 0 N–H and O–H groups in total. The van der Waals surface area contributed by atoms with E-state index in [-0.39, 0.29) is 24.1 Å². The number of fused-ring (bicyclic) bond motifs is 2. The van der Waals surface area contributed by atoms with Crippen molar-refractivity contribution in [1.29, 1.82) is 0 Å². The standard InChI is InChI=1S/C37H47ClN6O3/c1-25-26(2)43(24-40-25)22-27-8-7-17-42(21-27)36(45)33-23-41(18-19-44(33)37(46)47-31-10-4-3-5-11-31)35-32-15-14-30(38)20-29(32)13-12-28-9-6-16-39-34(28)35/h6,9,14-16,20,24,27,31,33,35H,3-5,7-8,10-13,17-19,21-23H2,1-2H3/t27-,33+,35?/m0/s1. The van der Waals surface area contributed by atoms with Crippen LogP contribution in [0, 0.1) is 19.8 Å². The van der Waals surface area contributed by atoms with Crippen molar-refractivity contribution in [1.82, 2.24) is 29.2 Å². The Kier molecular flexibility index (Phi) is 9.55. The van der Waals surface area contributed by atoms with Crippen molar-refractivity contribution >= 4 is 23.6 Å². The lowest BCUT2D eigenvalue weighted by Crippen LogP contribution is -2.62. The number of hydrogen-bond donors (Lipinski definition) is 0. The predicted octanol–water partition coefficient (Wildman–Crippen LogP) is 6.13. The Labute approximate surface area is 283 Å². The average Bonchev–Trinajstić information content (AvgIpc) is 3.31. The Morgan fingerprint density at radius 2 is 1.77 bits per heavy atom. The second kappa shape index (κ2) is 14.0. The van der Waals surface area contributed by atoms with Crippen LogP contribution in [-0.4, -0.2) is 86.1 Å². The molecule has 2 aliphatic carbocycles. The van der Waals surface area contributed by atoms with Crippen LogP contribution in [0.2, 0.25) is 5.02 Å². The molecule has 3 fully saturated rings. The molecule has 2 aromatic heterocycles. The number of aromatic nitrogens is 3. The maximum Gasteiger partial charge on any atom is 0.410 e. The van der Waals surface area contributed by atoms with Gasteiger partial charge in [-0.1, -0.05) is 30.2 Å². The van der Waals surface area contributed by atoms with Crippen molar-refractivity contribution < 1.29 is 14.3 Å². The topological polar surface area (TPSA) is 83.8 Å². The lowest BCUT2D eigenvalue weighted by Gasteiger charge is -2.45. The maximum atomic E-state index is 14.7. The summed E-state index contributed by atoms with van der Waals surface area (Å²) in [6.45, 7) is 7.82. The molecule has 1 saturated carbocycles. The van der Waals surface area contributed by atoms with Crippen molar-refractivity contribution in [2.75, 3.05) is 32.7 Å². The highest BCUT2D eigenvalue weighted by molar-refractivity contribution is 6.30. The minimum atomic E-state index is -0.637. The summed E-state index contributed by atoms with van der Waals surface area (Å²) in [7, 11) is 0. The minimum Gasteiger partial charge on any atom is -0.446 e. The van der Waals surface area contributed by atoms with Crippen LogP contribution in [0.4, 0.5) is 4.79 Å². The molecule has 1 unspecified atom stereocenters. The van der Waals surface area contributed by atoms with Crippen LogP contribution in [0.25, 0.3) is 0 Å². The number of aryl methyl sites for hydroxylation is 3. The van der Waals surface area contributed by atoms with Crippen LogP contribution in [0.3, 0.4) is 0 Å². The fourth-order valence-electron chi connectivity index (χ4n) is 8.25. The number of piperazine rings is 1. The molecule has 0 radical (unpaired) electrons. The molecule has 4 heterocycles. The predicted molar refractivity (Wildman–Crippen MR) is 181 cm³/mol. The molecule has 3 atom stereocenters. The minimum absolute atomic E-state index is 0.0183. The highest BCUT2D eigenvalue weighted by Gasteiger charge is 2.43. The van der Waals surface area contributed by atoms with Crippen molar-refractivity contribution in [2.45, 2.75) is 96.4 Å². The number of ether oxygens (including phenoxy) is 1. The van der Waals surface area contributed by atoms with Crippen molar-refractivity contribution in [3.8, 4) is 0 Å². The third-order valence-corrected chi connectivity index (χ3v) is 11.2. The SMILES string of the molecule is Cc1ncn(C[C@H]2CCCN(C(=O)[C@H]3CN(C4c5ccc(Cl)cc5CCc5cccnc54)CCN3C(=O)OC3CCCCC3)C2)c1C. The lowest BCUT2D eigenvalue weighted by atomic mass is 9.94. The number of benzene rings is 1. The Morgan fingerprint density at radius 3 is 2.57 bits per heavy atom. The van der Waals surface area contributed by atoms with Crippen LogP contribution in [0.1, 0.15) is 84.8 Å². The van der Waals surface area contributed by atoms with E-state index >= 15 is 0 Å². The van der Waals surface area contributed by atoms with Gasteiger partial charge >= 0.3 is 6.09 Å². The summed E-state index contributed by atoms with van der Waals surface area (Å²) in [5.41, 5.74) is 6.86. The van der Waals surface area contributed by atoms with E-state index in [0.717, 1.165) is 74.3 Å². The molecular weight excluding hydrogens is 612 g/mol. The Morgan fingerprint density at radius 1 is 0.936 bits per heavy atom. The van der Waals surface area contributed by atoms with E-state index in [1.165, 1.54) is 28.8 Å². The fraction of sp³-hybridized carbons (Fsp3) is 0.568. The number of rotatable bonds is 5. The smallest absolute Gasteiger partial charge is 0.410 e. The number of likely N-dealkylation sites (tertiary alicyclic amines) is 1. The van der Waals surface area contributed by atoms with Crippen molar-refractivity contribution in [2.24, 2.45) is 5.92 Å². The van der Waals surface area contributed by atoms with Gasteiger partial charge in [-0.3, -0.25) is 19.6 Å². The third kappa shape index (κ3) is 6.79. The van der Waals surface area contributed by atoms with Gasteiger partial charge in [0.1, 0.15) is 12.1 Å². The van der Waals surface area contributed by atoms with Gasteiger partial charge in [0.15, 0.2) is 0 Å². The van der Waals surface area contributed by atoms with Gasteiger partial charge in [0, 0.05) is 56.2 Å². The summed E-state index contributed by atoms with van der Waals surface area (Å²) in [6, 6.07) is 9.56. The first kappa shape index (κ1) is 32.1. The summed E-state index contributed by atoms with van der Waals surface area (Å²) in [5.74, 6) is 0.349. The number of pyridine rings is 1. The Balaban J connectivity index is 1.17. The van der Waals surface area contributed by atoms with Gasteiger partial charge in [0.25, 0.3) is 0 Å². The van der Waals surface area contributed by atoms with Crippen LogP contribution >= 0.6 is 11.6 Å². The van der Waals surface area contributed by atoms with Crippen molar-refractivity contribution in [3.05, 3.63) is 81.7 Å². The summed E-state index contributed by atoms with van der Waals surface area (Å²) in [4.78, 5) is 44.0. The van der Waals surface area contributed by atoms with E-state index in [2.05, 4.69) is 39.6 Å². The molecule has 2 aliphatic heterocycles. The number of amides is 2. The van der Waals surface area contributed by atoms with Gasteiger partial charge in [0.2, 0.25) is 5.91 Å². The zero-order valence-electron chi connectivity index (χ0n) is 27.7. The van der Waals surface area contributed by atoms with Gasteiger partial charge in [-0.05, 0) is 106 Å². The number of hydrogen-bond acceptors (Lipinski definition) is 6. The number of piperidine rings is 1. The Hall–Kier alpha value is -3.43. The molecule has 10 heteroatoms. The number of nitrogens with zero attached hydrogens (tertiary/aromatic N) is 6. The zero-order valence-corrected chi connectivity index (χ0v) is 28.5. The van der Waals surface area contributed by atoms with Crippen LogP contribution in [0.15, 0.2) is 42.9 Å². The number of halogens is 1. The highest BCUT2D eigenvalue weighted by Crippen LogP contribution is 2.38. The quantitative estimate of drug-likeness (QED) is 0.328. The van der Waals surface area contributed by atoms with Gasteiger partial charge in [-0.15, -0.1) is 0 Å². The molecule has 3 aromatic rings. The molecular formula is C37H47ClN6O3.